The number of aromatic nitrogens is 2. The largest absolute Gasteiger partial charge is 0.364 e. The van der Waals surface area contributed by atoms with Crippen molar-refractivity contribution in [3.05, 3.63) is 135 Å². The van der Waals surface area contributed by atoms with Gasteiger partial charge in [0.1, 0.15) is 0 Å². The van der Waals surface area contributed by atoms with Crippen molar-refractivity contribution in [3.63, 3.8) is 0 Å². The highest BCUT2D eigenvalue weighted by molar-refractivity contribution is 5.66. The van der Waals surface area contributed by atoms with Gasteiger partial charge in [-0.05, 0) is 179 Å². The summed E-state index contributed by atoms with van der Waals surface area (Å²) in [5, 5.41) is 0. The number of anilines is 1. The lowest BCUT2D eigenvalue weighted by Gasteiger charge is -2.39. The predicted molar refractivity (Wildman–Crippen MR) is 195 cm³/mol. The van der Waals surface area contributed by atoms with E-state index in [0.717, 1.165) is 18.7 Å². The summed E-state index contributed by atoms with van der Waals surface area (Å²) in [7, 11) is 0. The van der Waals surface area contributed by atoms with Crippen LogP contribution in [-0.4, -0.2) is 16.0 Å². The van der Waals surface area contributed by atoms with E-state index in [1.165, 1.54) is 98.1 Å². The quantitative estimate of drug-likeness (QED) is 0.176. The Kier molecular flexibility index (Phi) is 9.40. The predicted octanol–water partition coefficient (Wildman–Crippen LogP) is 10.8. The average Bonchev–Trinajstić information content (AvgIpc) is 3.05. The normalized spacial score (nSPS) is 16.4. The van der Waals surface area contributed by atoms with Crippen molar-refractivity contribution in [1.82, 2.24) is 9.97 Å². The van der Waals surface area contributed by atoms with E-state index < -0.39 is 0 Å². The van der Waals surface area contributed by atoms with Gasteiger partial charge in [-0.3, -0.25) is 9.97 Å². The van der Waals surface area contributed by atoms with Crippen LogP contribution < -0.4 is 4.90 Å². The van der Waals surface area contributed by atoms with E-state index in [0.29, 0.717) is 12.0 Å². The van der Waals surface area contributed by atoms with Gasteiger partial charge in [-0.15, -0.1) is 0 Å². The van der Waals surface area contributed by atoms with Crippen molar-refractivity contribution in [2.75, 3.05) is 4.90 Å². The van der Waals surface area contributed by atoms with Crippen LogP contribution in [0, 0.1) is 54.4 Å². The number of hydrogen-bond acceptors (Lipinski definition) is 3. The molecule has 3 heteroatoms. The SMILES string of the molecule is Cc1ccccc1N(Cc1cncc(-c2cc(C)c(C)c(C)c2)c1)C1CCC(Cc2ccnc(-c3cc(C)c(C)c(C)c3)c2)CC1. The maximum atomic E-state index is 4.76. The third kappa shape index (κ3) is 6.94. The smallest absolute Gasteiger partial charge is 0.0704 e. The van der Waals surface area contributed by atoms with E-state index in [1.54, 1.807) is 0 Å². The number of benzene rings is 3. The van der Waals surface area contributed by atoms with Gasteiger partial charge in [0.05, 0.1) is 5.69 Å². The molecule has 2 aromatic heterocycles. The minimum atomic E-state index is 0.511. The summed E-state index contributed by atoms with van der Waals surface area (Å²) in [5.41, 5.74) is 18.2. The Morgan fingerprint density at radius 2 is 1.24 bits per heavy atom. The summed E-state index contributed by atoms with van der Waals surface area (Å²) in [5.74, 6) is 0.699. The summed E-state index contributed by atoms with van der Waals surface area (Å²) in [6.07, 6.45) is 12.1. The summed E-state index contributed by atoms with van der Waals surface area (Å²) in [6, 6.07) is 25.5. The Morgan fingerprint density at radius 1 is 0.609 bits per heavy atom. The minimum absolute atomic E-state index is 0.511. The summed E-state index contributed by atoms with van der Waals surface area (Å²) in [6.45, 7) is 16.3. The Labute approximate surface area is 276 Å². The van der Waals surface area contributed by atoms with Crippen molar-refractivity contribution in [3.8, 4) is 22.4 Å². The van der Waals surface area contributed by atoms with Gasteiger partial charge >= 0.3 is 0 Å². The molecule has 0 bridgehead atoms. The van der Waals surface area contributed by atoms with Crippen LogP contribution >= 0.6 is 0 Å². The van der Waals surface area contributed by atoms with Gasteiger partial charge in [-0.1, -0.05) is 30.3 Å². The zero-order valence-electron chi connectivity index (χ0n) is 28.8. The highest BCUT2D eigenvalue weighted by atomic mass is 15.2. The first-order valence-corrected chi connectivity index (χ1v) is 17.0. The lowest BCUT2D eigenvalue weighted by atomic mass is 9.81. The summed E-state index contributed by atoms with van der Waals surface area (Å²) >= 11 is 0. The Hall–Kier alpha value is -4.24. The van der Waals surface area contributed by atoms with Crippen LogP contribution in [0.4, 0.5) is 5.69 Å². The third-order valence-electron chi connectivity index (χ3n) is 10.7. The molecule has 236 valence electrons. The van der Waals surface area contributed by atoms with Crippen LogP contribution in [-0.2, 0) is 13.0 Å². The van der Waals surface area contributed by atoms with Gasteiger partial charge in [0, 0.05) is 48.0 Å². The summed E-state index contributed by atoms with van der Waals surface area (Å²) in [4.78, 5) is 12.2. The van der Waals surface area contributed by atoms with Crippen LogP contribution in [0.3, 0.4) is 0 Å². The fraction of sp³-hybridized carbons (Fsp3) is 0.349. The zero-order chi connectivity index (χ0) is 32.4. The molecular formula is C43H49N3. The van der Waals surface area contributed by atoms with Gasteiger partial charge in [-0.25, -0.2) is 0 Å². The van der Waals surface area contributed by atoms with Gasteiger partial charge in [0.25, 0.3) is 0 Å². The monoisotopic (exact) mass is 607 g/mol. The molecule has 3 nitrogen and oxygen atoms in total. The average molecular weight is 608 g/mol. The number of nitrogens with zero attached hydrogens (tertiary/aromatic N) is 3. The first-order valence-electron chi connectivity index (χ1n) is 17.0. The molecule has 0 aliphatic heterocycles. The highest BCUT2D eigenvalue weighted by Crippen LogP contribution is 2.36. The second-order valence-electron chi connectivity index (χ2n) is 13.9. The molecule has 5 aromatic rings. The van der Waals surface area contributed by atoms with Crippen LogP contribution in [0.2, 0.25) is 0 Å². The molecule has 0 radical (unpaired) electrons. The Balaban J connectivity index is 1.18. The molecule has 1 saturated carbocycles. The molecule has 6 rings (SSSR count). The van der Waals surface area contributed by atoms with Crippen molar-refractivity contribution < 1.29 is 0 Å². The fourth-order valence-electron chi connectivity index (χ4n) is 7.36. The molecule has 1 aliphatic carbocycles. The number of rotatable bonds is 8. The van der Waals surface area contributed by atoms with Crippen LogP contribution in [0.5, 0.6) is 0 Å². The molecule has 3 aromatic carbocycles. The fourth-order valence-corrected chi connectivity index (χ4v) is 7.36. The van der Waals surface area contributed by atoms with E-state index in [-0.39, 0.29) is 0 Å². The molecular weight excluding hydrogens is 558 g/mol. The number of aryl methyl sites for hydroxylation is 5. The van der Waals surface area contributed by atoms with E-state index in [1.807, 2.05) is 12.4 Å². The minimum Gasteiger partial charge on any atom is -0.364 e. The molecule has 2 heterocycles. The van der Waals surface area contributed by atoms with Gasteiger partial charge < -0.3 is 4.90 Å². The van der Waals surface area contributed by atoms with E-state index in [9.17, 15) is 0 Å². The van der Waals surface area contributed by atoms with E-state index in [4.69, 9.17) is 9.97 Å². The molecule has 0 atom stereocenters. The molecule has 1 fully saturated rings. The second kappa shape index (κ2) is 13.6. The maximum absolute atomic E-state index is 4.76. The molecule has 1 aliphatic rings. The van der Waals surface area contributed by atoms with Crippen molar-refractivity contribution in [2.24, 2.45) is 5.92 Å². The molecule has 0 N–H and O–H groups in total. The lowest BCUT2D eigenvalue weighted by Crippen LogP contribution is -2.38. The first-order chi connectivity index (χ1) is 22.2. The van der Waals surface area contributed by atoms with Gasteiger partial charge in [0.2, 0.25) is 0 Å². The topological polar surface area (TPSA) is 29.0 Å². The highest BCUT2D eigenvalue weighted by Gasteiger charge is 2.27. The number of hydrogen-bond donors (Lipinski definition) is 0. The van der Waals surface area contributed by atoms with Crippen LogP contribution in [0.25, 0.3) is 22.4 Å². The van der Waals surface area contributed by atoms with Gasteiger partial charge in [-0.2, -0.15) is 0 Å². The van der Waals surface area contributed by atoms with Crippen LogP contribution in [0.15, 0.2) is 85.3 Å². The molecule has 0 unspecified atom stereocenters. The zero-order valence-corrected chi connectivity index (χ0v) is 28.8. The summed E-state index contributed by atoms with van der Waals surface area (Å²) < 4.78 is 0. The number of para-hydroxylation sites is 1. The van der Waals surface area contributed by atoms with Crippen molar-refractivity contribution in [1.29, 1.82) is 0 Å². The Morgan fingerprint density at radius 3 is 1.89 bits per heavy atom. The van der Waals surface area contributed by atoms with E-state index >= 15 is 0 Å². The van der Waals surface area contributed by atoms with E-state index in [2.05, 4.69) is 126 Å². The van der Waals surface area contributed by atoms with Gasteiger partial charge in [0.15, 0.2) is 0 Å². The standard InChI is InChI=1S/C43H49N3/c1-28-10-8-9-11-43(28)46(27-37-23-40(26-44-25-37)38-18-29(2)33(6)30(3)19-38)41-14-12-35(13-15-41)22-36-16-17-45-42(24-36)39-20-31(4)34(7)32(5)21-39/h8-11,16-21,23-26,35,41H,12-15,22,27H2,1-7H3. The lowest BCUT2D eigenvalue weighted by molar-refractivity contribution is 0.312. The first kappa shape index (κ1) is 31.7. The van der Waals surface area contributed by atoms with Crippen molar-refractivity contribution in [2.45, 2.75) is 93.2 Å². The molecule has 0 spiro atoms. The van der Waals surface area contributed by atoms with Crippen LogP contribution in [0.1, 0.15) is 75.8 Å². The second-order valence-corrected chi connectivity index (χ2v) is 13.9. The third-order valence-corrected chi connectivity index (χ3v) is 10.7. The Bertz CT molecular complexity index is 1800. The molecule has 46 heavy (non-hydrogen) atoms. The molecule has 0 saturated heterocycles. The number of pyridine rings is 2. The maximum Gasteiger partial charge on any atom is 0.0704 e. The molecule has 0 amide bonds. The van der Waals surface area contributed by atoms with Crippen molar-refractivity contribution >= 4 is 5.69 Å².